The van der Waals surface area contributed by atoms with Crippen molar-refractivity contribution < 1.29 is 9.59 Å². The Morgan fingerprint density at radius 3 is 2.79 bits per heavy atom. The molecule has 1 atom stereocenters. The van der Waals surface area contributed by atoms with Crippen LogP contribution in [-0.4, -0.2) is 60.5 Å². The first-order valence-electron chi connectivity index (χ1n) is 8.82. The molecule has 0 aliphatic carbocycles. The molecule has 0 saturated carbocycles. The maximum atomic E-state index is 12.6. The Morgan fingerprint density at radius 1 is 1.21 bits per heavy atom. The highest BCUT2D eigenvalue weighted by molar-refractivity contribution is 5.82. The van der Waals surface area contributed by atoms with Gasteiger partial charge in [-0.05, 0) is 24.9 Å². The number of hydrogen-bond acceptors (Lipinski definition) is 3. The van der Waals surface area contributed by atoms with E-state index in [1.807, 2.05) is 18.2 Å². The summed E-state index contributed by atoms with van der Waals surface area (Å²) in [4.78, 5) is 28.1. The lowest BCUT2D eigenvalue weighted by molar-refractivity contribution is -0.127. The minimum atomic E-state index is -0.0636. The van der Waals surface area contributed by atoms with Gasteiger partial charge in [-0.3, -0.25) is 9.69 Å². The number of urea groups is 1. The average molecular weight is 330 g/mol. The molecule has 0 spiro atoms. The van der Waals surface area contributed by atoms with E-state index in [2.05, 4.69) is 27.7 Å². The molecule has 2 saturated heterocycles. The molecule has 24 heavy (non-hydrogen) atoms. The minimum absolute atomic E-state index is 0.0346. The minimum Gasteiger partial charge on any atom is -0.353 e. The van der Waals surface area contributed by atoms with Crippen LogP contribution in [0.3, 0.4) is 0 Å². The van der Waals surface area contributed by atoms with Crippen molar-refractivity contribution >= 4 is 11.9 Å². The van der Waals surface area contributed by atoms with Crippen molar-refractivity contribution in [2.24, 2.45) is 0 Å². The average Bonchev–Trinajstić information content (AvgIpc) is 3.01. The van der Waals surface area contributed by atoms with Gasteiger partial charge in [-0.2, -0.15) is 0 Å². The summed E-state index contributed by atoms with van der Waals surface area (Å²) < 4.78 is 0. The van der Waals surface area contributed by atoms with E-state index in [9.17, 15) is 9.59 Å². The molecule has 2 fully saturated rings. The lowest BCUT2D eigenvalue weighted by Crippen LogP contribution is -2.50. The van der Waals surface area contributed by atoms with Crippen LogP contribution in [0.5, 0.6) is 0 Å². The number of nitrogens with zero attached hydrogens (tertiary/aromatic N) is 2. The van der Waals surface area contributed by atoms with Gasteiger partial charge in [0.2, 0.25) is 5.91 Å². The first kappa shape index (κ1) is 16.8. The predicted octanol–water partition coefficient (Wildman–Crippen LogP) is 1.18. The van der Waals surface area contributed by atoms with Gasteiger partial charge in [0, 0.05) is 32.7 Å². The van der Waals surface area contributed by atoms with E-state index in [1.165, 1.54) is 5.56 Å². The van der Waals surface area contributed by atoms with Crippen molar-refractivity contribution in [1.29, 1.82) is 0 Å². The monoisotopic (exact) mass is 330 g/mol. The first-order valence-corrected chi connectivity index (χ1v) is 8.82. The zero-order chi connectivity index (χ0) is 16.8. The quantitative estimate of drug-likeness (QED) is 0.823. The smallest absolute Gasteiger partial charge is 0.317 e. The molecule has 2 aliphatic heterocycles. The standard InChI is InChI=1S/C18H26N4O2/c23-17(19-9-12-21-13-10-20-18(21)24)16-8-4-5-11-22(16)14-15-6-2-1-3-7-15/h1-3,6-7,16H,4-5,8-14H2,(H,19,23)(H,20,24). The number of carbonyl (C=O) groups is 2. The van der Waals surface area contributed by atoms with Crippen LogP contribution in [-0.2, 0) is 11.3 Å². The Morgan fingerprint density at radius 2 is 2.04 bits per heavy atom. The van der Waals surface area contributed by atoms with Crippen molar-refractivity contribution in [2.75, 3.05) is 32.7 Å². The second-order valence-corrected chi connectivity index (χ2v) is 6.48. The number of nitrogens with one attached hydrogen (secondary N) is 2. The molecule has 1 unspecified atom stereocenters. The maximum Gasteiger partial charge on any atom is 0.317 e. The number of rotatable bonds is 6. The Hall–Kier alpha value is -2.08. The van der Waals surface area contributed by atoms with Crippen molar-refractivity contribution in [2.45, 2.75) is 31.8 Å². The van der Waals surface area contributed by atoms with Gasteiger partial charge in [0.15, 0.2) is 0 Å². The predicted molar refractivity (Wildman–Crippen MR) is 92.5 cm³/mol. The summed E-state index contributed by atoms with van der Waals surface area (Å²) in [6, 6.07) is 10.2. The fourth-order valence-electron chi connectivity index (χ4n) is 3.45. The fourth-order valence-corrected chi connectivity index (χ4v) is 3.45. The van der Waals surface area contributed by atoms with Crippen LogP contribution in [0.15, 0.2) is 30.3 Å². The third kappa shape index (κ3) is 4.26. The van der Waals surface area contributed by atoms with Gasteiger partial charge in [0.1, 0.15) is 0 Å². The first-order chi connectivity index (χ1) is 11.7. The molecule has 0 aromatic heterocycles. The van der Waals surface area contributed by atoms with Gasteiger partial charge >= 0.3 is 6.03 Å². The number of amides is 3. The van der Waals surface area contributed by atoms with E-state index in [4.69, 9.17) is 0 Å². The Kier molecular flexibility index (Phi) is 5.69. The number of carbonyl (C=O) groups excluding carboxylic acids is 2. The molecule has 6 heteroatoms. The number of hydrogen-bond donors (Lipinski definition) is 2. The lowest BCUT2D eigenvalue weighted by Gasteiger charge is -2.34. The second-order valence-electron chi connectivity index (χ2n) is 6.48. The normalized spacial score (nSPS) is 21.6. The van der Waals surface area contributed by atoms with Crippen LogP contribution < -0.4 is 10.6 Å². The van der Waals surface area contributed by atoms with Gasteiger partial charge < -0.3 is 15.5 Å². The fraction of sp³-hybridized carbons (Fsp3) is 0.556. The van der Waals surface area contributed by atoms with E-state index in [0.717, 1.165) is 38.9 Å². The maximum absolute atomic E-state index is 12.6. The highest BCUT2D eigenvalue weighted by atomic mass is 16.2. The summed E-state index contributed by atoms with van der Waals surface area (Å²) in [5, 5.41) is 5.78. The van der Waals surface area contributed by atoms with E-state index in [1.54, 1.807) is 4.90 Å². The van der Waals surface area contributed by atoms with Gasteiger partial charge in [0.05, 0.1) is 6.04 Å². The highest BCUT2D eigenvalue weighted by Gasteiger charge is 2.28. The molecule has 2 aliphatic rings. The zero-order valence-electron chi connectivity index (χ0n) is 14.0. The van der Waals surface area contributed by atoms with Crippen LogP contribution >= 0.6 is 0 Å². The lowest BCUT2D eigenvalue weighted by atomic mass is 10.0. The van der Waals surface area contributed by atoms with Gasteiger partial charge in [0.25, 0.3) is 0 Å². The molecule has 2 heterocycles. The SMILES string of the molecule is O=C(NCCN1CCNC1=O)C1CCCCN1Cc1ccccc1. The topological polar surface area (TPSA) is 64.7 Å². The molecule has 0 bridgehead atoms. The second kappa shape index (κ2) is 8.15. The van der Waals surface area contributed by atoms with Gasteiger partial charge in [-0.15, -0.1) is 0 Å². The van der Waals surface area contributed by atoms with Crippen molar-refractivity contribution in [3.8, 4) is 0 Å². The number of piperidine rings is 1. The molecule has 130 valence electrons. The van der Waals surface area contributed by atoms with E-state index < -0.39 is 0 Å². The van der Waals surface area contributed by atoms with Gasteiger partial charge in [-0.25, -0.2) is 4.79 Å². The van der Waals surface area contributed by atoms with Crippen molar-refractivity contribution in [3.63, 3.8) is 0 Å². The summed E-state index contributed by atoms with van der Waals surface area (Å²) in [5.74, 6) is 0.0882. The molecule has 3 amide bonds. The van der Waals surface area contributed by atoms with Crippen molar-refractivity contribution in [1.82, 2.24) is 20.4 Å². The summed E-state index contributed by atoms with van der Waals surface area (Å²) in [6.45, 7) is 4.28. The molecule has 2 N–H and O–H groups in total. The van der Waals surface area contributed by atoms with Crippen molar-refractivity contribution in [3.05, 3.63) is 35.9 Å². The number of likely N-dealkylation sites (tertiary alicyclic amines) is 1. The van der Waals surface area contributed by atoms with Gasteiger partial charge in [-0.1, -0.05) is 36.8 Å². The Labute approximate surface area is 143 Å². The molecule has 6 nitrogen and oxygen atoms in total. The summed E-state index contributed by atoms with van der Waals surface area (Å²) in [6.07, 6.45) is 3.14. The third-order valence-corrected chi connectivity index (χ3v) is 4.77. The molecule has 1 aromatic carbocycles. The Balaban J connectivity index is 1.50. The molecule has 1 aromatic rings. The van der Waals surface area contributed by atoms with Crippen LogP contribution in [0.25, 0.3) is 0 Å². The molecular formula is C18H26N4O2. The molecule has 3 rings (SSSR count). The van der Waals surface area contributed by atoms with E-state index >= 15 is 0 Å². The zero-order valence-corrected chi connectivity index (χ0v) is 14.0. The highest BCUT2D eigenvalue weighted by Crippen LogP contribution is 2.19. The van der Waals surface area contributed by atoms with E-state index in [0.29, 0.717) is 19.6 Å². The third-order valence-electron chi connectivity index (χ3n) is 4.77. The van der Waals surface area contributed by atoms with Crippen LogP contribution in [0.4, 0.5) is 4.79 Å². The van der Waals surface area contributed by atoms with Crippen LogP contribution in [0.1, 0.15) is 24.8 Å². The van der Waals surface area contributed by atoms with Crippen LogP contribution in [0, 0.1) is 0 Å². The number of benzene rings is 1. The summed E-state index contributed by atoms with van der Waals surface area (Å²) in [7, 11) is 0. The van der Waals surface area contributed by atoms with Crippen LogP contribution in [0.2, 0.25) is 0 Å². The largest absolute Gasteiger partial charge is 0.353 e. The molecule has 0 radical (unpaired) electrons. The molecular weight excluding hydrogens is 304 g/mol. The summed E-state index contributed by atoms with van der Waals surface area (Å²) in [5.41, 5.74) is 1.24. The Bertz CT molecular complexity index is 563. The summed E-state index contributed by atoms with van der Waals surface area (Å²) >= 11 is 0. The van der Waals surface area contributed by atoms with E-state index in [-0.39, 0.29) is 18.0 Å².